The Labute approximate surface area is 128 Å². The number of benzene rings is 3. The zero-order valence-corrected chi connectivity index (χ0v) is 12.8. The Bertz CT molecular complexity index is 871. The summed E-state index contributed by atoms with van der Waals surface area (Å²) in [5, 5.41) is 6.55. The van der Waals surface area contributed by atoms with Crippen molar-refractivity contribution in [1.82, 2.24) is 0 Å². The standard InChI is InChI=1S/C18H17NO3/c1-11(20)19-15-10-6-9-14-16(15)18(22-3)13-8-5-4-7-12(13)17(14)21-2/h4-10H,1-3H3,(H,19,20). The molecule has 0 spiro atoms. The lowest BCUT2D eigenvalue weighted by Crippen LogP contribution is -2.06. The zero-order valence-electron chi connectivity index (χ0n) is 12.8. The van der Waals surface area contributed by atoms with E-state index in [0.29, 0.717) is 5.69 Å². The van der Waals surface area contributed by atoms with Gasteiger partial charge in [-0.3, -0.25) is 4.79 Å². The van der Waals surface area contributed by atoms with Crippen LogP contribution in [0.2, 0.25) is 0 Å². The summed E-state index contributed by atoms with van der Waals surface area (Å²) < 4.78 is 11.3. The molecular formula is C18H17NO3. The van der Waals surface area contributed by atoms with Crippen LogP contribution in [-0.2, 0) is 4.79 Å². The Morgan fingerprint density at radius 3 is 2.05 bits per heavy atom. The molecule has 0 unspecified atom stereocenters. The second-order valence-corrected chi connectivity index (χ2v) is 5.02. The van der Waals surface area contributed by atoms with Gasteiger partial charge in [-0.25, -0.2) is 0 Å². The van der Waals surface area contributed by atoms with E-state index in [1.807, 2.05) is 42.5 Å². The number of anilines is 1. The summed E-state index contributed by atoms with van der Waals surface area (Å²) in [6.07, 6.45) is 0. The number of amides is 1. The van der Waals surface area contributed by atoms with Crippen molar-refractivity contribution in [1.29, 1.82) is 0 Å². The lowest BCUT2D eigenvalue weighted by Gasteiger charge is -2.17. The minimum Gasteiger partial charge on any atom is -0.495 e. The van der Waals surface area contributed by atoms with Gasteiger partial charge in [-0.1, -0.05) is 36.4 Å². The van der Waals surface area contributed by atoms with Crippen LogP contribution >= 0.6 is 0 Å². The molecule has 4 nitrogen and oxygen atoms in total. The Balaban J connectivity index is 2.53. The Kier molecular flexibility index (Phi) is 3.59. The SMILES string of the molecule is COc1c2ccccc2c(OC)c2c(NC(C)=O)cccc12. The highest BCUT2D eigenvalue weighted by Gasteiger charge is 2.17. The number of ether oxygens (including phenoxy) is 2. The maximum Gasteiger partial charge on any atom is 0.221 e. The number of hydrogen-bond donors (Lipinski definition) is 1. The second-order valence-electron chi connectivity index (χ2n) is 5.02. The van der Waals surface area contributed by atoms with Crippen LogP contribution in [0.3, 0.4) is 0 Å². The van der Waals surface area contributed by atoms with E-state index >= 15 is 0 Å². The predicted molar refractivity (Wildman–Crippen MR) is 88.9 cm³/mol. The molecule has 0 saturated heterocycles. The highest BCUT2D eigenvalue weighted by molar-refractivity contribution is 6.16. The third kappa shape index (κ3) is 2.13. The molecule has 0 bridgehead atoms. The van der Waals surface area contributed by atoms with Crippen molar-refractivity contribution < 1.29 is 14.3 Å². The van der Waals surface area contributed by atoms with Gasteiger partial charge in [0.15, 0.2) is 0 Å². The van der Waals surface area contributed by atoms with Crippen molar-refractivity contribution in [2.75, 3.05) is 19.5 Å². The molecule has 0 radical (unpaired) electrons. The molecule has 3 aromatic rings. The van der Waals surface area contributed by atoms with Gasteiger partial charge in [0.05, 0.1) is 25.3 Å². The van der Waals surface area contributed by atoms with Crippen LogP contribution in [0.4, 0.5) is 5.69 Å². The van der Waals surface area contributed by atoms with Crippen LogP contribution < -0.4 is 14.8 Å². The fourth-order valence-corrected chi connectivity index (χ4v) is 2.87. The summed E-state index contributed by atoms with van der Waals surface area (Å²) in [5.41, 5.74) is 0.714. The van der Waals surface area contributed by atoms with E-state index in [1.165, 1.54) is 6.92 Å². The average Bonchev–Trinajstić information content (AvgIpc) is 2.52. The van der Waals surface area contributed by atoms with Gasteiger partial charge < -0.3 is 14.8 Å². The van der Waals surface area contributed by atoms with Crippen molar-refractivity contribution >= 4 is 33.1 Å². The van der Waals surface area contributed by atoms with Gasteiger partial charge in [0.25, 0.3) is 0 Å². The quantitative estimate of drug-likeness (QED) is 0.744. The molecule has 3 aromatic carbocycles. The van der Waals surface area contributed by atoms with Crippen molar-refractivity contribution in [3.8, 4) is 11.5 Å². The molecule has 112 valence electrons. The Morgan fingerprint density at radius 1 is 0.864 bits per heavy atom. The first kappa shape index (κ1) is 14.2. The van der Waals surface area contributed by atoms with Crippen LogP contribution in [0.15, 0.2) is 42.5 Å². The minimum absolute atomic E-state index is 0.123. The molecule has 0 aliphatic rings. The molecule has 22 heavy (non-hydrogen) atoms. The first-order chi connectivity index (χ1) is 10.7. The summed E-state index contributed by atoms with van der Waals surface area (Å²) in [6, 6.07) is 13.6. The maximum absolute atomic E-state index is 11.5. The Hall–Kier alpha value is -2.75. The predicted octanol–water partition coefficient (Wildman–Crippen LogP) is 3.97. The number of carbonyl (C=O) groups is 1. The van der Waals surface area contributed by atoms with Crippen LogP contribution in [-0.4, -0.2) is 20.1 Å². The topological polar surface area (TPSA) is 47.6 Å². The Morgan fingerprint density at radius 2 is 1.45 bits per heavy atom. The highest BCUT2D eigenvalue weighted by atomic mass is 16.5. The molecule has 1 amide bonds. The monoisotopic (exact) mass is 295 g/mol. The summed E-state index contributed by atoms with van der Waals surface area (Å²) in [4.78, 5) is 11.5. The maximum atomic E-state index is 11.5. The van der Waals surface area contributed by atoms with E-state index in [1.54, 1.807) is 14.2 Å². The van der Waals surface area contributed by atoms with E-state index in [0.717, 1.165) is 33.0 Å². The van der Waals surface area contributed by atoms with Gasteiger partial charge in [-0.15, -0.1) is 0 Å². The van der Waals surface area contributed by atoms with Gasteiger partial charge in [-0.05, 0) is 6.07 Å². The van der Waals surface area contributed by atoms with E-state index in [-0.39, 0.29) is 5.91 Å². The normalized spacial score (nSPS) is 10.7. The average molecular weight is 295 g/mol. The number of methoxy groups -OCH3 is 2. The first-order valence-corrected chi connectivity index (χ1v) is 7.00. The molecular weight excluding hydrogens is 278 g/mol. The fourth-order valence-electron chi connectivity index (χ4n) is 2.87. The number of rotatable bonds is 3. The van der Waals surface area contributed by atoms with E-state index in [2.05, 4.69) is 5.32 Å². The van der Waals surface area contributed by atoms with Crippen LogP contribution in [0, 0.1) is 0 Å². The summed E-state index contributed by atoms with van der Waals surface area (Å²) >= 11 is 0. The molecule has 0 aliphatic heterocycles. The molecule has 0 aromatic heterocycles. The fraction of sp³-hybridized carbons (Fsp3) is 0.167. The lowest BCUT2D eigenvalue weighted by atomic mass is 9.99. The molecule has 0 aliphatic carbocycles. The molecule has 4 heteroatoms. The number of hydrogen-bond acceptors (Lipinski definition) is 3. The second kappa shape index (κ2) is 5.56. The number of nitrogens with one attached hydrogen (secondary N) is 1. The largest absolute Gasteiger partial charge is 0.495 e. The van der Waals surface area contributed by atoms with Gasteiger partial charge in [0, 0.05) is 23.1 Å². The minimum atomic E-state index is -0.123. The molecule has 0 fully saturated rings. The smallest absolute Gasteiger partial charge is 0.221 e. The van der Waals surface area contributed by atoms with E-state index in [4.69, 9.17) is 9.47 Å². The van der Waals surface area contributed by atoms with Crippen LogP contribution in [0.1, 0.15) is 6.92 Å². The van der Waals surface area contributed by atoms with E-state index in [9.17, 15) is 4.79 Å². The molecule has 1 N–H and O–H groups in total. The third-order valence-corrected chi connectivity index (χ3v) is 3.67. The first-order valence-electron chi connectivity index (χ1n) is 7.00. The van der Waals surface area contributed by atoms with Crippen molar-refractivity contribution in [2.24, 2.45) is 0 Å². The lowest BCUT2D eigenvalue weighted by molar-refractivity contribution is -0.114. The number of carbonyl (C=O) groups excluding carboxylic acids is 1. The zero-order chi connectivity index (χ0) is 15.7. The molecule has 3 rings (SSSR count). The summed E-state index contributed by atoms with van der Waals surface area (Å²) in [7, 11) is 3.29. The van der Waals surface area contributed by atoms with Crippen LogP contribution in [0.25, 0.3) is 21.5 Å². The van der Waals surface area contributed by atoms with Gasteiger partial charge >= 0.3 is 0 Å². The molecule has 0 heterocycles. The summed E-state index contributed by atoms with van der Waals surface area (Å²) in [5.74, 6) is 1.39. The third-order valence-electron chi connectivity index (χ3n) is 3.67. The molecule has 0 saturated carbocycles. The number of fused-ring (bicyclic) bond motifs is 2. The molecule has 0 atom stereocenters. The van der Waals surface area contributed by atoms with Crippen molar-refractivity contribution in [3.05, 3.63) is 42.5 Å². The highest BCUT2D eigenvalue weighted by Crippen LogP contribution is 2.45. The van der Waals surface area contributed by atoms with Gasteiger partial charge in [-0.2, -0.15) is 0 Å². The van der Waals surface area contributed by atoms with Crippen LogP contribution in [0.5, 0.6) is 11.5 Å². The van der Waals surface area contributed by atoms with Crippen molar-refractivity contribution in [3.63, 3.8) is 0 Å². The summed E-state index contributed by atoms with van der Waals surface area (Å²) in [6.45, 7) is 1.49. The van der Waals surface area contributed by atoms with Gasteiger partial charge in [0.1, 0.15) is 11.5 Å². The van der Waals surface area contributed by atoms with Crippen molar-refractivity contribution in [2.45, 2.75) is 6.92 Å². The van der Waals surface area contributed by atoms with Gasteiger partial charge in [0.2, 0.25) is 5.91 Å². The van der Waals surface area contributed by atoms with E-state index < -0.39 is 0 Å².